The van der Waals surface area contributed by atoms with E-state index in [2.05, 4.69) is 164 Å². The van der Waals surface area contributed by atoms with Crippen molar-refractivity contribution in [2.24, 2.45) is 0 Å². The molecule has 0 aliphatic rings. The van der Waals surface area contributed by atoms with Crippen molar-refractivity contribution in [3.63, 3.8) is 0 Å². The highest BCUT2D eigenvalue weighted by molar-refractivity contribution is 5.99. The summed E-state index contributed by atoms with van der Waals surface area (Å²) >= 11 is 0. The van der Waals surface area contributed by atoms with Gasteiger partial charge in [-0.25, -0.2) is 15.0 Å². The van der Waals surface area contributed by atoms with Crippen LogP contribution < -0.4 is 0 Å². The topological polar surface area (TPSA) is 64.5 Å². The van der Waals surface area contributed by atoms with Crippen LogP contribution in [0.2, 0.25) is 0 Å². The summed E-state index contributed by atoms with van der Waals surface area (Å²) in [6.07, 6.45) is 3.75. The molecule has 0 bridgehead atoms. The highest BCUT2D eigenvalue weighted by atomic mass is 15.0. The van der Waals surface area contributed by atoms with Crippen LogP contribution in [-0.2, 0) is 0 Å². The molecule has 0 amide bonds. The predicted octanol–water partition coefficient (Wildman–Crippen LogP) is 12.6. The molecule has 0 radical (unpaired) electrons. The standard InChI is InChI=1S/C51H33N5/c1-3-13-34(14-4-1)38-19-11-21-40(29-38)49-54-50(41-22-12-20-39(30-41)35-15-5-2-6-16-35)56-51(55-49)44-32-42(47-45-23-9-7-17-36(45)25-27-52-47)31-43(33-44)48-46-24-10-8-18-37(46)26-28-53-48/h1-33H. The number of hydrogen-bond acceptors (Lipinski definition) is 5. The number of hydrogen-bond donors (Lipinski definition) is 0. The van der Waals surface area contributed by atoms with Gasteiger partial charge in [-0.1, -0.05) is 146 Å². The second-order valence-corrected chi connectivity index (χ2v) is 13.8. The first-order valence-corrected chi connectivity index (χ1v) is 18.7. The van der Waals surface area contributed by atoms with E-state index < -0.39 is 0 Å². The van der Waals surface area contributed by atoms with Gasteiger partial charge in [0.05, 0.1) is 11.4 Å². The molecule has 3 aromatic heterocycles. The lowest BCUT2D eigenvalue weighted by Crippen LogP contribution is -2.01. The molecule has 0 saturated heterocycles. The Labute approximate surface area is 324 Å². The quantitative estimate of drug-likeness (QED) is 0.164. The second kappa shape index (κ2) is 14.3. The van der Waals surface area contributed by atoms with E-state index in [0.717, 1.165) is 83.0 Å². The molecule has 0 N–H and O–H groups in total. The summed E-state index contributed by atoms with van der Waals surface area (Å²) in [5, 5.41) is 4.37. The molecule has 0 unspecified atom stereocenters. The van der Waals surface area contributed by atoms with Crippen LogP contribution in [0.4, 0.5) is 0 Å². The molecule has 0 fully saturated rings. The highest BCUT2D eigenvalue weighted by Gasteiger charge is 2.18. The summed E-state index contributed by atoms with van der Waals surface area (Å²) in [5.41, 5.74) is 10.7. The van der Waals surface area contributed by atoms with E-state index >= 15 is 0 Å². The lowest BCUT2D eigenvalue weighted by Gasteiger charge is -2.14. The third-order valence-corrected chi connectivity index (χ3v) is 10.2. The maximum Gasteiger partial charge on any atom is 0.164 e. The first kappa shape index (κ1) is 33.0. The maximum atomic E-state index is 5.25. The molecule has 0 atom stereocenters. The molecule has 5 heteroatoms. The number of nitrogens with zero attached hydrogens (tertiary/aromatic N) is 5. The fourth-order valence-corrected chi connectivity index (χ4v) is 7.43. The Bertz CT molecular complexity index is 2820. The minimum Gasteiger partial charge on any atom is -0.256 e. The van der Waals surface area contributed by atoms with Gasteiger partial charge in [0.25, 0.3) is 0 Å². The van der Waals surface area contributed by atoms with Gasteiger partial charge in [0.1, 0.15) is 0 Å². The third-order valence-electron chi connectivity index (χ3n) is 10.2. The summed E-state index contributed by atoms with van der Waals surface area (Å²) in [7, 11) is 0. The van der Waals surface area contributed by atoms with Crippen molar-refractivity contribution in [2.75, 3.05) is 0 Å². The Kier molecular flexibility index (Phi) is 8.43. The monoisotopic (exact) mass is 715 g/mol. The minimum absolute atomic E-state index is 0.559. The zero-order valence-corrected chi connectivity index (χ0v) is 30.3. The number of benzene rings is 7. The van der Waals surface area contributed by atoms with Gasteiger partial charge in [-0.3, -0.25) is 9.97 Å². The van der Waals surface area contributed by atoms with E-state index in [9.17, 15) is 0 Å². The van der Waals surface area contributed by atoms with Crippen molar-refractivity contribution >= 4 is 21.5 Å². The largest absolute Gasteiger partial charge is 0.256 e. The molecule has 0 aliphatic heterocycles. The van der Waals surface area contributed by atoms with E-state index in [0.29, 0.717) is 17.5 Å². The van der Waals surface area contributed by atoms with E-state index in [1.165, 1.54) is 0 Å². The van der Waals surface area contributed by atoms with Crippen molar-refractivity contribution in [1.82, 2.24) is 24.9 Å². The molecule has 3 heterocycles. The van der Waals surface area contributed by atoms with E-state index in [1.54, 1.807) is 0 Å². The fourth-order valence-electron chi connectivity index (χ4n) is 7.43. The van der Waals surface area contributed by atoms with E-state index in [1.807, 2.05) is 36.7 Å². The first-order valence-electron chi connectivity index (χ1n) is 18.7. The third kappa shape index (κ3) is 6.37. The molecule has 10 rings (SSSR count). The van der Waals surface area contributed by atoms with Crippen molar-refractivity contribution < 1.29 is 0 Å². The van der Waals surface area contributed by atoms with Gasteiger partial charge in [0, 0.05) is 51.0 Å². The average molecular weight is 716 g/mol. The smallest absolute Gasteiger partial charge is 0.164 e. The molecule has 56 heavy (non-hydrogen) atoms. The lowest BCUT2D eigenvalue weighted by atomic mass is 9.96. The van der Waals surface area contributed by atoms with Gasteiger partial charge in [0.15, 0.2) is 17.5 Å². The van der Waals surface area contributed by atoms with Gasteiger partial charge < -0.3 is 0 Å². The van der Waals surface area contributed by atoms with Crippen LogP contribution in [-0.4, -0.2) is 24.9 Å². The average Bonchev–Trinajstić information content (AvgIpc) is 3.29. The van der Waals surface area contributed by atoms with Gasteiger partial charge >= 0.3 is 0 Å². The summed E-state index contributed by atoms with van der Waals surface area (Å²) in [5.74, 6) is 1.74. The zero-order chi connectivity index (χ0) is 37.3. The number of rotatable bonds is 7. The molecule has 7 aromatic carbocycles. The first-order chi connectivity index (χ1) is 27.7. The highest BCUT2D eigenvalue weighted by Crippen LogP contribution is 2.37. The molecule has 0 saturated carbocycles. The van der Waals surface area contributed by atoms with Gasteiger partial charge in [0.2, 0.25) is 0 Å². The Morgan fingerprint density at radius 3 is 1.09 bits per heavy atom. The van der Waals surface area contributed by atoms with Gasteiger partial charge in [-0.2, -0.15) is 0 Å². The predicted molar refractivity (Wildman–Crippen MR) is 228 cm³/mol. The normalized spacial score (nSPS) is 11.2. The number of fused-ring (bicyclic) bond motifs is 2. The Hall–Kier alpha value is -7.63. The lowest BCUT2D eigenvalue weighted by molar-refractivity contribution is 1.07. The van der Waals surface area contributed by atoms with Crippen LogP contribution >= 0.6 is 0 Å². The summed E-state index contributed by atoms with van der Waals surface area (Å²) in [6, 6.07) is 64.9. The summed E-state index contributed by atoms with van der Waals surface area (Å²) < 4.78 is 0. The minimum atomic E-state index is 0.559. The zero-order valence-electron chi connectivity index (χ0n) is 30.3. The van der Waals surface area contributed by atoms with Crippen LogP contribution in [0.1, 0.15) is 0 Å². The Morgan fingerprint density at radius 2 is 0.607 bits per heavy atom. The molecule has 262 valence electrons. The van der Waals surface area contributed by atoms with Crippen LogP contribution in [0.3, 0.4) is 0 Å². The summed E-state index contributed by atoms with van der Waals surface area (Å²) in [4.78, 5) is 25.5. The molecular weight excluding hydrogens is 683 g/mol. The SMILES string of the molecule is c1ccc(-c2cccc(-c3nc(-c4cccc(-c5ccccc5)c4)nc(-c4cc(-c5nccc6ccccc56)cc(-c5nccc6ccccc56)c4)n3)c2)cc1. The van der Waals surface area contributed by atoms with Crippen molar-refractivity contribution in [1.29, 1.82) is 0 Å². The summed E-state index contributed by atoms with van der Waals surface area (Å²) in [6.45, 7) is 0. The number of aromatic nitrogens is 5. The number of pyridine rings is 2. The Morgan fingerprint density at radius 1 is 0.250 bits per heavy atom. The van der Waals surface area contributed by atoms with Crippen LogP contribution in [0.15, 0.2) is 200 Å². The van der Waals surface area contributed by atoms with E-state index in [-0.39, 0.29) is 0 Å². The fraction of sp³-hybridized carbons (Fsp3) is 0. The van der Waals surface area contributed by atoms with Crippen molar-refractivity contribution in [2.45, 2.75) is 0 Å². The van der Waals surface area contributed by atoms with Crippen molar-refractivity contribution in [3.8, 4) is 78.9 Å². The van der Waals surface area contributed by atoms with Crippen LogP contribution in [0.25, 0.3) is 100 Å². The van der Waals surface area contributed by atoms with Crippen molar-refractivity contribution in [3.05, 3.63) is 200 Å². The Balaban J connectivity index is 1.22. The second-order valence-electron chi connectivity index (χ2n) is 13.8. The molecule has 0 aliphatic carbocycles. The van der Waals surface area contributed by atoms with Gasteiger partial charge in [-0.15, -0.1) is 0 Å². The maximum absolute atomic E-state index is 5.25. The molecule has 5 nitrogen and oxygen atoms in total. The van der Waals surface area contributed by atoms with Crippen LogP contribution in [0, 0.1) is 0 Å². The van der Waals surface area contributed by atoms with Crippen LogP contribution in [0.5, 0.6) is 0 Å². The van der Waals surface area contributed by atoms with Gasteiger partial charge in [-0.05, 0) is 75.5 Å². The molecule has 0 spiro atoms. The van der Waals surface area contributed by atoms with E-state index in [4.69, 9.17) is 24.9 Å². The molecular formula is C51H33N5. The molecule has 10 aromatic rings.